The van der Waals surface area contributed by atoms with Gasteiger partial charge in [0.05, 0.1) is 0 Å². The van der Waals surface area contributed by atoms with Gasteiger partial charge in [-0.25, -0.2) is 9.59 Å². The van der Waals surface area contributed by atoms with Crippen LogP contribution in [0.1, 0.15) is 52.4 Å². The number of carbonyl (C=O) groups is 1. The molecule has 3 aromatic carbocycles. The zero-order valence-corrected chi connectivity index (χ0v) is 20.0. The van der Waals surface area contributed by atoms with E-state index in [0.29, 0.717) is 33.4 Å². The molecule has 0 spiro atoms. The molecule has 0 fully saturated rings. The Morgan fingerprint density at radius 3 is 2.47 bits per heavy atom. The zero-order chi connectivity index (χ0) is 24.2. The van der Waals surface area contributed by atoms with E-state index in [2.05, 4.69) is 13.8 Å². The van der Waals surface area contributed by atoms with Gasteiger partial charge in [-0.2, -0.15) is 0 Å². The molecule has 1 heterocycles. The van der Waals surface area contributed by atoms with Crippen molar-refractivity contribution in [1.82, 2.24) is 0 Å². The van der Waals surface area contributed by atoms with Gasteiger partial charge in [0, 0.05) is 27.6 Å². The maximum absolute atomic E-state index is 12.9. The van der Waals surface area contributed by atoms with Crippen molar-refractivity contribution in [3.63, 3.8) is 0 Å². The molecular weight excluding hydrogens is 452 g/mol. The summed E-state index contributed by atoms with van der Waals surface area (Å²) in [6.45, 7) is 6.34. The van der Waals surface area contributed by atoms with Crippen LogP contribution in [0.2, 0.25) is 5.02 Å². The van der Waals surface area contributed by atoms with Gasteiger partial charge in [0.2, 0.25) is 0 Å². The molecule has 0 aliphatic carbocycles. The van der Waals surface area contributed by atoms with E-state index >= 15 is 0 Å². The van der Waals surface area contributed by atoms with Crippen molar-refractivity contribution >= 4 is 28.5 Å². The monoisotopic (exact) mass is 476 g/mol. The van der Waals surface area contributed by atoms with Crippen molar-refractivity contribution in [2.75, 3.05) is 0 Å². The maximum Gasteiger partial charge on any atom is 0.342 e. The summed E-state index contributed by atoms with van der Waals surface area (Å²) in [4.78, 5) is 25.1. The molecule has 1 aromatic heterocycles. The number of fused-ring (bicyclic) bond motifs is 1. The quantitative estimate of drug-likeness (QED) is 0.216. The second kappa shape index (κ2) is 10.1. The fourth-order valence-corrected chi connectivity index (χ4v) is 4.08. The predicted molar refractivity (Wildman–Crippen MR) is 133 cm³/mol. The molecule has 0 bridgehead atoms. The zero-order valence-electron chi connectivity index (χ0n) is 19.3. The van der Waals surface area contributed by atoms with E-state index < -0.39 is 11.6 Å². The van der Waals surface area contributed by atoms with E-state index in [0.717, 1.165) is 22.1 Å². The number of aryl methyl sites for hydroxylation is 1. The van der Waals surface area contributed by atoms with Crippen LogP contribution in [-0.2, 0) is 18.0 Å². The van der Waals surface area contributed by atoms with Crippen LogP contribution < -0.4 is 10.4 Å². The molecule has 4 aromatic rings. The molecule has 0 amide bonds. The minimum atomic E-state index is -0.549. The van der Waals surface area contributed by atoms with E-state index in [1.165, 1.54) is 6.07 Å². The Bertz CT molecular complexity index is 1400. The Hall–Kier alpha value is -3.57. The predicted octanol–water partition coefficient (Wildman–Crippen LogP) is 6.81. The normalized spacial score (nSPS) is 11.1. The van der Waals surface area contributed by atoms with Gasteiger partial charge >= 0.3 is 11.6 Å². The van der Waals surface area contributed by atoms with Gasteiger partial charge in [0.25, 0.3) is 0 Å². The van der Waals surface area contributed by atoms with E-state index in [4.69, 9.17) is 25.5 Å². The first-order chi connectivity index (χ1) is 16.3. The van der Waals surface area contributed by atoms with Crippen LogP contribution in [0.5, 0.6) is 5.75 Å². The first-order valence-electron chi connectivity index (χ1n) is 11.0. The van der Waals surface area contributed by atoms with E-state index in [1.807, 2.05) is 37.3 Å². The standard InChI is InChI=1S/C28H25ClO5/c1-17(2)22-14-23-20(13-27(30)34-26(23)12-18(22)3)16-33-28(31)21-9-5-7-11-25(21)32-15-19-8-4-6-10-24(19)29/h4-14,17H,15-16H2,1-3H3. The molecule has 0 saturated carbocycles. The Kier molecular flexibility index (Phi) is 7.03. The largest absolute Gasteiger partial charge is 0.488 e. The van der Waals surface area contributed by atoms with Crippen LogP contribution in [0, 0.1) is 6.92 Å². The third kappa shape index (κ3) is 5.15. The lowest BCUT2D eigenvalue weighted by molar-refractivity contribution is 0.0468. The van der Waals surface area contributed by atoms with Crippen molar-refractivity contribution in [1.29, 1.82) is 0 Å². The van der Waals surface area contributed by atoms with Gasteiger partial charge in [-0.05, 0) is 54.3 Å². The Balaban J connectivity index is 1.56. The lowest BCUT2D eigenvalue weighted by Crippen LogP contribution is -2.10. The summed E-state index contributed by atoms with van der Waals surface area (Å²) in [5.41, 5.74) is 3.88. The van der Waals surface area contributed by atoms with Crippen LogP contribution in [0.25, 0.3) is 11.0 Å². The molecule has 5 nitrogen and oxygen atoms in total. The number of carbonyl (C=O) groups excluding carboxylic acids is 1. The second-order valence-electron chi connectivity index (χ2n) is 8.40. The van der Waals surface area contributed by atoms with Gasteiger partial charge < -0.3 is 13.9 Å². The Morgan fingerprint density at radius 2 is 1.71 bits per heavy atom. The number of hydrogen-bond acceptors (Lipinski definition) is 5. The van der Waals surface area contributed by atoms with Gasteiger partial charge in [0.1, 0.15) is 30.1 Å². The number of halogens is 1. The maximum atomic E-state index is 12.9. The molecule has 34 heavy (non-hydrogen) atoms. The topological polar surface area (TPSA) is 65.7 Å². The number of benzene rings is 3. The fraction of sp³-hybridized carbons (Fsp3) is 0.214. The summed E-state index contributed by atoms with van der Waals surface area (Å²) in [7, 11) is 0. The summed E-state index contributed by atoms with van der Waals surface area (Å²) in [6.07, 6.45) is 0. The van der Waals surface area contributed by atoms with Crippen molar-refractivity contribution in [3.8, 4) is 5.75 Å². The summed E-state index contributed by atoms with van der Waals surface area (Å²) in [6, 6.07) is 19.5. The SMILES string of the molecule is Cc1cc2oc(=O)cc(COC(=O)c3ccccc3OCc3ccccc3Cl)c2cc1C(C)C. The molecule has 0 aliphatic rings. The molecule has 0 aliphatic heterocycles. The average molecular weight is 477 g/mol. The number of esters is 1. The molecule has 4 rings (SSSR count). The highest BCUT2D eigenvalue weighted by Gasteiger charge is 2.17. The lowest BCUT2D eigenvalue weighted by atomic mass is 9.95. The van der Waals surface area contributed by atoms with Gasteiger partial charge in [-0.3, -0.25) is 0 Å². The molecule has 174 valence electrons. The van der Waals surface area contributed by atoms with E-state index in [9.17, 15) is 9.59 Å². The van der Waals surface area contributed by atoms with Crippen LogP contribution in [0.4, 0.5) is 0 Å². The Morgan fingerprint density at radius 1 is 0.971 bits per heavy atom. The fourth-order valence-electron chi connectivity index (χ4n) is 3.89. The van der Waals surface area contributed by atoms with Crippen LogP contribution in [-0.4, -0.2) is 5.97 Å². The summed E-state index contributed by atoms with van der Waals surface area (Å²) in [5, 5.41) is 1.35. The van der Waals surface area contributed by atoms with Crippen LogP contribution >= 0.6 is 11.6 Å². The van der Waals surface area contributed by atoms with Crippen LogP contribution in [0.15, 0.2) is 75.9 Å². The smallest absolute Gasteiger partial charge is 0.342 e. The highest BCUT2D eigenvalue weighted by Crippen LogP contribution is 2.28. The highest BCUT2D eigenvalue weighted by atomic mass is 35.5. The van der Waals surface area contributed by atoms with Crippen molar-refractivity contribution in [2.24, 2.45) is 0 Å². The highest BCUT2D eigenvalue weighted by molar-refractivity contribution is 6.31. The number of rotatable bonds is 7. The number of para-hydroxylation sites is 1. The average Bonchev–Trinajstić information content (AvgIpc) is 2.81. The van der Waals surface area contributed by atoms with E-state index in [-0.39, 0.29) is 13.2 Å². The summed E-state index contributed by atoms with van der Waals surface area (Å²) in [5.74, 6) is 0.142. The minimum absolute atomic E-state index is 0.0691. The van der Waals surface area contributed by atoms with Crippen LogP contribution in [0.3, 0.4) is 0 Å². The van der Waals surface area contributed by atoms with Crippen molar-refractivity contribution < 1.29 is 18.7 Å². The van der Waals surface area contributed by atoms with Crippen molar-refractivity contribution in [2.45, 2.75) is 39.9 Å². The third-order valence-corrected chi connectivity index (χ3v) is 6.01. The minimum Gasteiger partial charge on any atom is -0.488 e. The molecule has 0 saturated heterocycles. The number of ether oxygens (including phenoxy) is 2. The molecule has 0 N–H and O–H groups in total. The summed E-state index contributed by atoms with van der Waals surface area (Å²) < 4.78 is 16.9. The van der Waals surface area contributed by atoms with Crippen molar-refractivity contribution in [3.05, 3.63) is 110 Å². The second-order valence-corrected chi connectivity index (χ2v) is 8.81. The summed E-state index contributed by atoms with van der Waals surface area (Å²) >= 11 is 6.21. The first-order valence-corrected chi connectivity index (χ1v) is 11.4. The third-order valence-electron chi connectivity index (χ3n) is 5.65. The van der Waals surface area contributed by atoms with Gasteiger partial charge in [-0.15, -0.1) is 0 Å². The molecular formula is C28H25ClO5. The molecule has 0 unspecified atom stereocenters. The van der Waals surface area contributed by atoms with Gasteiger partial charge in [-0.1, -0.05) is 55.8 Å². The van der Waals surface area contributed by atoms with Gasteiger partial charge in [0.15, 0.2) is 0 Å². The first kappa shape index (κ1) is 23.6. The lowest BCUT2D eigenvalue weighted by Gasteiger charge is -2.14. The number of hydrogen-bond donors (Lipinski definition) is 0. The Labute approximate surface area is 202 Å². The van der Waals surface area contributed by atoms with E-state index in [1.54, 1.807) is 30.3 Å². The molecule has 0 radical (unpaired) electrons. The molecule has 0 atom stereocenters. The molecule has 6 heteroatoms.